The molecule has 1 heterocycles. The van der Waals surface area contributed by atoms with Gasteiger partial charge in [0.15, 0.2) is 0 Å². The van der Waals surface area contributed by atoms with E-state index >= 15 is 0 Å². The van der Waals surface area contributed by atoms with Crippen LogP contribution in [0, 0.1) is 18.8 Å². The Morgan fingerprint density at radius 2 is 2.33 bits per heavy atom. The number of imidazole rings is 1. The molecule has 3 heteroatoms. The van der Waals surface area contributed by atoms with Gasteiger partial charge < -0.3 is 10.7 Å². The molecular formula is C12H13N3. The third-order valence-electron chi connectivity index (χ3n) is 2.10. The fraction of sp³-hybridized carbons (Fsp3) is 0.250. The largest absolute Gasteiger partial charge is 0.342 e. The van der Waals surface area contributed by atoms with Crippen molar-refractivity contribution in [2.45, 2.75) is 13.3 Å². The molecule has 0 aliphatic carbocycles. The molecule has 0 bridgehead atoms. The van der Waals surface area contributed by atoms with Gasteiger partial charge in [0.2, 0.25) is 0 Å². The fourth-order valence-electron chi connectivity index (χ4n) is 1.45. The van der Waals surface area contributed by atoms with Crippen molar-refractivity contribution >= 4 is 11.0 Å². The van der Waals surface area contributed by atoms with Crippen LogP contribution < -0.4 is 5.73 Å². The zero-order valence-electron chi connectivity index (χ0n) is 8.67. The van der Waals surface area contributed by atoms with Gasteiger partial charge in [-0.15, -0.1) is 0 Å². The lowest BCUT2D eigenvalue weighted by atomic mass is 10.2. The second kappa shape index (κ2) is 4.16. The number of nitrogens with one attached hydrogen (secondary N) is 1. The van der Waals surface area contributed by atoms with Gasteiger partial charge in [-0.1, -0.05) is 11.8 Å². The van der Waals surface area contributed by atoms with E-state index in [4.69, 9.17) is 5.73 Å². The number of benzene rings is 1. The smallest absolute Gasteiger partial charge is 0.104 e. The van der Waals surface area contributed by atoms with E-state index in [9.17, 15) is 0 Å². The number of rotatable bonds is 1. The van der Waals surface area contributed by atoms with Crippen LogP contribution in [0.15, 0.2) is 18.2 Å². The van der Waals surface area contributed by atoms with Gasteiger partial charge in [-0.05, 0) is 25.1 Å². The Kier molecular flexibility index (Phi) is 2.70. The van der Waals surface area contributed by atoms with Gasteiger partial charge in [-0.25, -0.2) is 4.98 Å². The van der Waals surface area contributed by atoms with Crippen LogP contribution in [-0.2, 0) is 0 Å². The first kappa shape index (κ1) is 9.75. The minimum atomic E-state index is 0.610. The molecule has 1 aromatic heterocycles. The van der Waals surface area contributed by atoms with Crippen molar-refractivity contribution in [2.24, 2.45) is 5.73 Å². The summed E-state index contributed by atoms with van der Waals surface area (Å²) in [5, 5.41) is 0. The number of aromatic amines is 1. The molecule has 0 unspecified atom stereocenters. The number of hydrogen-bond acceptors (Lipinski definition) is 2. The van der Waals surface area contributed by atoms with Gasteiger partial charge in [0.1, 0.15) is 5.82 Å². The van der Waals surface area contributed by atoms with Crippen LogP contribution in [0.5, 0.6) is 0 Å². The van der Waals surface area contributed by atoms with Crippen molar-refractivity contribution in [3.63, 3.8) is 0 Å². The highest BCUT2D eigenvalue weighted by atomic mass is 14.9. The van der Waals surface area contributed by atoms with Crippen LogP contribution in [0.1, 0.15) is 17.8 Å². The number of nitrogens with zero attached hydrogens (tertiary/aromatic N) is 1. The highest BCUT2D eigenvalue weighted by Crippen LogP contribution is 2.12. The van der Waals surface area contributed by atoms with Crippen LogP contribution in [-0.4, -0.2) is 16.5 Å². The molecule has 0 spiro atoms. The molecule has 0 atom stereocenters. The third-order valence-corrected chi connectivity index (χ3v) is 2.10. The Labute approximate surface area is 88.7 Å². The van der Waals surface area contributed by atoms with Gasteiger partial charge in [0.05, 0.1) is 11.0 Å². The zero-order valence-corrected chi connectivity index (χ0v) is 8.67. The molecule has 0 saturated heterocycles. The Morgan fingerprint density at radius 1 is 1.47 bits per heavy atom. The summed E-state index contributed by atoms with van der Waals surface area (Å²) in [5.74, 6) is 7.01. The summed E-state index contributed by atoms with van der Waals surface area (Å²) in [7, 11) is 0. The third kappa shape index (κ3) is 2.17. The molecule has 0 fully saturated rings. The Hall–Kier alpha value is -1.79. The highest BCUT2D eigenvalue weighted by Gasteiger charge is 1.98. The van der Waals surface area contributed by atoms with Crippen molar-refractivity contribution in [1.82, 2.24) is 9.97 Å². The second-order valence-electron chi connectivity index (χ2n) is 3.39. The Morgan fingerprint density at radius 3 is 3.13 bits per heavy atom. The van der Waals surface area contributed by atoms with Crippen LogP contribution in [0.2, 0.25) is 0 Å². The molecule has 3 nitrogen and oxygen atoms in total. The summed E-state index contributed by atoms with van der Waals surface area (Å²) >= 11 is 0. The first-order valence-corrected chi connectivity index (χ1v) is 4.95. The molecule has 15 heavy (non-hydrogen) atoms. The van der Waals surface area contributed by atoms with Crippen molar-refractivity contribution in [1.29, 1.82) is 0 Å². The first-order valence-electron chi connectivity index (χ1n) is 4.95. The molecule has 0 saturated carbocycles. The molecule has 0 aliphatic heterocycles. The van der Waals surface area contributed by atoms with Crippen molar-refractivity contribution < 1.29 is 0 Å². The number of fused-ring (bicyclic) bond motifs is 1. The van der Waals surface area contributed by atoms with Gasteiger partial charge in [-0.3, -0.25) is 0 Å². The average Bonchev–Trinajstić information content (AvgIpc) is 2.57. The standard InChI is InChI=1S/C12H13N3/c1-9-14-11-6-5-10(4-2-3-7-13)8-12(11)15-9/h5-6,8H,3,7,13H2,1H3,(H,14,15). The molecule has 76 valence electrons. The van der Waals surface area contributed by atoms with Crippen molar-refractivity contribution in [3.8, 4) is 11.8 Å². The maximum Gasteiger partial charge on any atom is 0.104 e. The van der Waals surface area contributed by atoms with Crippen LogP contribution >= 0.6 is 0 Å². The molecule has 0 aliphatic rings. The van der Waals surface area contributed by atoms with Crippen molar-refractivity contribution in [3.05, 3.63) is 29.6 Å². The lowest BCUT2D eigenvalue weighted by Gasteiger charge is -1.90. The van der Waals surface area contributed by atoms with E-state index in [-0.39, 0.29) is 0 Å². The maximum absolute atomic E-state index is 5.37. The van der Waals surface area contributed by atoms with Crippen molar-refractivity contribution in [2.75, 3.05) is 6.54 Å². The highest BCUT2D eigenvalue weighted by molar-refractivity contribution is 5.76. The second-order valence-corrected chi connectivity index (χ2v) is 3.39. The Bertz CT molecular complexity index is 529. The quantitative estimate of drug-likeness (QED) is 0.685. The molecule has 2 aromatic rings. The number of aryl methyl sites for hydroxylation is 1. The van der Waals surface area contributed by atoms with E-state index in [0.717, 1.165) is 28.8 Å². The molecule has 2 rings (SSSR count). The normalized spacial score (nSPS) is 10.0. The van der Waals surface area contributed by atoms with E-state index < -0.39 is 0 Å². The summed E-state index contributed by atoms with van der Waals surface area (Å²) in [5.41, 5.74) is 8.39. The van der Waals surface area contributed by atoms with Crippen LogP contribution in [0.4, 0.5) is 0 Å². The van der Waals surface area contributed by atoms with Gasteiger partial charge >= 0.3 is 0 Å². The SMILES string of the molecule is Cc1nc2ccc(C#CCCN)cc2[nH]1. The first-order chi connectivity index (χ1) is 7.29. The lowest BCUT2D eigenvalue weighted by molar-refractivity contribution is 1.03. The van der Waals surface area contributed by atoms with E-state index in [0.29, 0.717) is 6.54 Å². The zero-order chi connectivity index (χ0) is 10.7. The summed E-state index contributed by atoms with van der Waals surface area (Å²) in [6.45, 7) is 2.55. The summed E-state index contributed by atoms with van der Waals surface area (Å²) in [6, 6.07) is 5.97. The minimum absolute atomic E-state index is 0.610. The number of nitrogens with two attached hydrogens (primary N) is 1. The number of aromatic nitrogens is 2. The molecule has 0 amide bonds. The van der Waals surface area contributed by atoms with E-state index in [1.807, 2.05) is 25.1 Å². The molecule has 0 radical (unpaired) electrons. The summed E-state index contributed by atoms with van der Waals surface area (Å²) in [4.78, 5) is 7.51. The minimum Gasteiger partial charge on any atom is -0.342 e. The van der Waals surface area contributed by atoms with E-state index in [1.165, 1.54) is 0 Å². The van der Waals surface area contributed by atoms with Crippen LogP contribution in [0.25, 0.3) is 11.0 Å². The van der Waals surface area contributed by atoms with E-state index in [2.05, 4.69) is 21.8 Å². The topological polar surface area (TPSA) is 54.7 Å². The monoisotopic (exact) mass is 199 g/mol. The summed E-state index contributed by atoms with van der Waals surface area (Å²) in [6.07, 6.45) is 0.736. The van der Waals surface area contributed by atoms with Gasteiger partial charge in [0, 0.05) is 18.5 Å². The van der Waals surface area contributed by atoms with Gasteiger partial charge in [0.25, 0.3) is 0 Å². The predicted octanol–water partition coefficient (Wildman–Crippen LogP) is 1.57. The Balaban J connectivity index is 2.35. The average molecular weight is 199 g/mol. The van der Waals surface area contributed by atoms with Crippen LogP contribution in [0.3, 0.4) is 0 Å². The predicted molar refractivity (Wildman–Crippen MR) is 61.4 cm³/mol. The fourth-order valence-corrected chi connectivity index (χ4v) is 1.45. The van der Waals surface area contributed by atoms with Gasteiger partial charge in [-0.2, -0.15) is 0 Å². The molecular weight excluding hydrogens is 186 g/mol. The maximum atomic E-state index is 5.37. The summed E-state index contributed by atoms with van der Waals surface area (Å²) < 4.78 is 0. The number of H-pyrrole nitrogens is 1. The van der Waals surface area contributed by atoms with E-state index in [1.54, 1.807) is 0 Å². The number of hydrogen-bond donors (Lipinski definition) is 2. The molecule has 1 aromatic carbocycles. The molecule has 3 N–H and O–H groups in total. The lowest BCUT2D eigenvalue weighted by Crippen LogP contribution is -1.95.